The largest absolute Gasteiger partial charge is 0.308 e. The van der Waals surface area contributed by atoms with E-state index in [1.165, 1.54) is 12.1 Å². The van der Waals surface area contributed by atoms with Crippen LogP contribution in [-0.2, 0) is 0 Å². The highest BCUT2D eigenvalue weighted by Crippen LogP contribution is 2.18. The normalized spacial score (nSPS) is 14.8. The molecule has 0 amide bonds. The van der Waals surface area contributed by atoms with Gasteiger partial charge in [0.2, 0.25) is 0 Å². The van der Waals surface area contributed by atoms with Crippen LogP contribution in [-0.4, -0.2) is 31.6 Å². The average Bonchev–Trinajstić information content (AvgIpc) is 2.25. The van der Waals surface area contributed by atoms with Crippen molar-refractivity contribution in [2.24, 2.45) is 5.92 Å². The van der Waals surface area contributed by atoms with Crippen molar-refractivity contribution in [3.05, 3.63) is 35.4 Å². The molecule has 1 aromatic rings. The molecule has 2 atom stereocenters. The topological polar surface area (TPSA) is 15.3 Å². The lowest BCUT2D eigenvalue weighted by molar-refractivity contribution is 0.290. The van der Waals surface area contributed by atoms with E-state index in [-0.39, 0.29) is 6.04 Å². The Hall–Kier alpha value is -1.00. The van der Waals surface area contributed by atoms with Gasteiger partial charge < -0.3 is 10.2 Å². The lowest BCUT2D eigenvalue weighted by atomic mass is 10.0. The first-order valence-electron chi connectivity index (χ1n) is 7.14. The molecule has 2 unspecified atom stereocenters. The van der Waals surface area contributed by atoms with Crippen LogP contribution in [0.5, 0.6) is 0 Å². The molecule has 0 aromatic heterocycles. The summed E-state index contributed by atoms with van der Waals surface area (Å²) in [6.07, 6.45) is 1.03. The maximum Gasteiger partial charge on any atom is 0.126 e. The van der Waals surface area contributed by atoms with Crippen LogP contribution in [0.15, 0.2) is 18.2 Å². The van der Waals surface area contributed by atoms with Crippen LogP contribution in [0.4, 0.5) is 8.78 Å². The first kappa shape index (κ1) is 17.1. The van der Waals surface area contributed by atoms with Gasteiger partial charge in [-0.25, -0.2) is 8.78 Å². The third-order valence-electron chi connectivity index (χ3n) is 3.21. The predicted molar refractivity (Wildman–Crippen MR) is 79.7 cm³/mol. The molecule has 0 spiro atoms. The highest BCUT2D eigenvalue weighted by atomic mass is 19.1. The molecule has 2 nitrogen and oxygen atoms in total. The molecule has 0 radical (unpaired) electrons. The number of hydrogen-bond donors (Lipinski definition) is 1. The Balaban J connectivity index is 2.75. The quantitative estimate of drug-likeness (QED) is 0.823. The fraction of sp³-hybridized carbons (Fsp3) is 0.625. The molecule has 0 aliphatic carbocycles. The van der Waals surface area contributed by atoms with E-state index in [2.05, 4.69) is 24.1 Å². The zero-order valence-corrected chi connectivity index (χ0v) is 13.1. The molecule has 1 N–H and O–H groups in total. The molecule has 0 heterocycles. The molecular weight excluding hydrogens is 258 g/mol. The number of rotatable bonds is 7. The first-order valence-corrected chi connectivity index (χ1v) is 7.14. The van der Waals surface area contributed by atoms with Gasteiger partial charge in [0.25, 0.3) is 0 Å². The molecular formula is C16H26F2N2. The van der Waals surface area contributed by atoms with Crippen LogP contribution in [0.1, 0.15) is 38.8 Å². The summed E-state index contributed by atoms with van der Waals surface area (Å²) < 4.78 is 26.5. The molecule has 0 saturated carbocycles. The van der Waals surface area contributed by atoms with E-state index in [1.807, 2.05) is 21.0 Å². The SMILES string of the molecule is CC(C)CC(CN(C)C)NC(C)c1cc(F)cc(F)c1. The van der Waals surface area contributed by atoms with Crippen molar-refractivity contribution >= 4 is 0 Å². The van der Waals surface area contributed by atoms with E-state index in [0.717, 1.165) is 19.0 Å². The van der Waals surface area contributed by atoms with Gasteiger partial charge in [-0.3, -0.25) is 0 Å². The van der Waals surface area contributed by atoms with Crippen LogP contribution in [0.3, 0.4) is 0 Å². The number of likely N-dealkylation sites (N-methyl/N-ethyl adjacent to an activating group) is 1. The molecule has 0 bridgehead atoms. The van der Waals surface area contributed by atoms with E-state index < -0.39 is 11.6 Å². The second-order valence-electron chi connectivity index (χ2n) is 6.18. The molecule has 114 valence electrons. The van der Waals surface area contributed by atoms with Crippen molar-refractivity contribution in [3.63, 3.8) is 0 Å². The van der Waals surface area contributed by atoms with Gasteiger partial charge in [-0.15, -0.1) is 0 Å². The standard InChI is InChI=1S/C16H26F2N2/c1-11(2)6-16(10-20(4)5)19-12(3)13-7-14(17)9-15(18)8-13/h7-9,11-12,16,19H,6,10H2,1-5H3. The fourth-order valence-electron chi connectivity index (χ4n) is 2.48. The van der Waals surface area contributed by atoms with Crippen molar-refractivity contribution in [1.29, 1.82) is 0 Å². The van der Waals surface area contributed by atoms with Crippen LogP contribution in [0.25, 0.3) is 0 Å². The van der Waals surface area contributed by atoms with Crippen LogP contribution in [0.2, 0.25) is 0 Å². The van der Waals surface area contributed by atoms with Crippen LogP contribution >= 0.6 is 0 Å². The summed E-state index contributed by atoms with van der Waals surface area (Å²) in [4.78, 5) is 2.12. The summed E-state index contributed by atoms with van der Waals surface area (Å²) >= 11 is 0. The Morgan fingerprint density at radius 3 is 2.05 bits per heavy atom. The van der Waals surface area contributed by atoms with Crippen molar-refractivity contribution in [3.8, 4) is 0 Å². The molecule has 20 heavy (non-hydrogen) atoms. The number of nitrogens with one attached hydrogen (secondary N) is 1. The van der Waals surface area contributed by atoms with Gasteiger partial charge in [0.05, 0.1) is 0 Å². The van der Waals surface area contributed by atoms with Gasteiger partial charge in [-0.2, -0.15) is 0 Å². The van der Waals surface area contributed by atoms with Crippen molar-refractivity contribution < 1.29 is 8.78 Å². The highest BCUT2D eigenvalue weighted by Gasteiger charge is 2.16. The molecule has 0 aliphatic heterocycles. The molecule has 0 fully saturated rings. The Bertz CT molecular complexity index is 389. The number of hydrogen-bond acceptors (Lipinski definition) is 2. The lowest BCUT2D eigenvalue weighted by Crippen LogP contribution is -2.40. The summed E-state index contributed by atoms with van der Waals surface area (Å²) in [5, 5.41) is 3.48. The van der Waals surface area contributed by atoms with Crippen molar-refractivity contribution in [1.82, 2.24) is 10.2 Å². The number of halogens is 2. The van der Waals surface area contributed by atoms with Gasteiger partial charge in [0, 0.05) is 24.7 Å². The fourth-order valence-corrected chi connectivity index (χ4v) is 2.48. The van der Waals surface area contributed by atoms with Crippen LogP contribution < -0.4 is 5.32 Å². The average molecular weight is 284 g/mol. The maximum atomic E-state index is 13.3. The van der Waals surface area contributed by atoms with Gasteiger partial charge in [-0.1, -0.05) is 13.8 Å². The maximum absolute atomic E-state index is 13.3. The second-order valence-corrected chi connectivity index (χ2v) is 6.18. The third-order valence-corrected chi connectivity index (χ3v) is 3.21. The third kappa shape index (κ3) is 5.97. The van der Waals surface area contributed by atoms with Crippen molar-refractivity contribution in [2.45, 2.75) is 39.3 Å². The first-order chi connectivity index (χ1) is 9.27. The summed E-state index contributed by atoms with van der Waals surface area (Å²) in [5.74, 6) is -0.479. The second kappa shape index (κ2) is 7.70. The molecule has 0 saturated heterocycles. The Morgan fingerprint density at radius 1 is 1.05 bits per heavy atom. The van der Waals surface area contributed by atoms with E-state index in [4.69, 9.17) is 0 Å². The smallest absolute Gasteiger partial charge is 0.126 e. The summed E-state index contributed by atoms with van der Waals surface area (Å²) in [5.41, 5.74) is 0.648. The van der Waals surface area contributed by atoms with Gasteiger partial charge in [0.1, 0.15) is 11.6 Å². The molecule has 1 aromatic carbocycles. The van der Waals surface area contributed by atoms with Gasteiger partial charge in [0.15, 0.2) is 0 Å². The minimum atomic E-state index is -0.526. The Kier molecular flexibility index (Phi) is 6.56. The van der Waals surface area contributed by atoms with E-state index in [9.17, 15) is 8.78 Å². The molecule has 4 heteroatoms. The zero-order chi connectivity index (χ0) is 15.3. The van der Waals surface area contributed by atoms with Crippen LogP contribution in [0, 0.1) is 17.6 Å². The molecule has 1 rings (SSSR count). The lowest BCUT2D eigenvalue weighted by Gasteiger charge is -2.27. The number of nitrogens with zero attached hydrogens (tertiary/aromatic N) is 1. The summed E-state index contributed by atoms with van der Waals surface area (Å²) in [6.45, 7) is 7.20. The molecule has 0 aliphatic rings. The van der Waals surface area contributed by atoms with E-state index in [1.54, 1.807) is 0 Å². The van der Waals surface area contributed by atoms with E-state index >= 15 is 0 Å². The Labute approximate surface area is 121 Å². The highest BCUT2D eigenvalue weighted by molar-refractivity contribution is 5.21. The minimum Gasteiger partial charge on any atom is -0.308 e. The summed E-state index contributed by atoms with van der Waals surface area (Å²) in [7, 11) is 4.06. The Morgan fingerprint density at radius 2 is 1.60 bits per heavy atom. The van der Waals surface area contributed by atoms with Gasteiger partial charge in [-0.05, 0) is 51.1 Å². The van der Waals surface area contributed by atoms with Gasteiger partial charge >= 0.3 is 0 Å². The summed E-state index contributed by atoms with van der Waals surface area (Å²) in [6, 6.07) is 3.91. The predicted octanol–water partition coefficient (Wildman–Crippen LogP) is 3.59. The minimum absolute atomic E-state index is 0.0797. The van der Waals surface area contributed by atoms with E-state index in [0.29, 0.717) is 17.5 Å². The zero-order valence-electron chi connectivity index (χ0n) is 13.1. The van der Waals surface area contributed by atoms with Crippen molar-refractivity contribution in [2.75, 3.05) is 20.6 Å². The monoisotopic (exact) mass is 284 g/mol. The number of benzene rings is 1.